The van der Waals surface area contributed by atoms with Crippen molar-refractivity contribution in [3.05, 3.63) is 47.3 Å². The monoisotopic (exact) mass is 357 g/mol. The molecule has 3 aliphatic rings. The van der Waals surface area contributed by atoms with Crippen LogP contribution in [0.25, 0.3) is 0 Å². The number of unbranched alkanes of at least 4 members (excludes halogenated alkanes) is 2. The van der Waals surface area contributed by atoms with Crippen LogP contribution in [-0.2, 0) is 11.8 Å². The standard InChI is InChI=1S/C24H36FN/c1-2-3-4-11-23-12-15-24(16-13-23,17-14-23)22-9-7-20(8-10-22)5-6-21(18-25)19-26/h7-10,18H,2-6,11-17,19,26H2,1H3/b21-18-. The Kier molecular flexibility index (Phi) is 6.55. The molecule has 3 fully saturated rings. The minimum absolute atomic E-state index is 0.317. The molecule has 144 valence electrons. The minimum Gasteiger partial charge on any atom is -0.327 e. The van der Waals surface area contributed by atoms with Crippen LogP contribution in [0.5, 0.6) is 0 Å². The van der Waals surface area contributed by atoms with Crippen LogP contribution in [0.15, 0.2) is 36.2 Å². The molecule has 3 saturated carbocycles. The number of fused-ring (bicyclic) bond motifs is 3. The van der Waals surface area contributed by atoms with E-state index in [2.05, 4.69) is 31.2 Å². The van der Waals surface area contributed by atoms with E-state index in [1.807, 2.05) is 0 Å². The first kappa shape index (κ1) is 19.6. The van der Waals surface area contributed by atoms with Gasteiger partial charge in [-0.2, -0.15) is 0 Å². The second kappa shape index (κ2) is 8.69. The molecule has 0 heterocycles. The average Bonchev–Trinajstić information content (AvgIpc) is 2.71. The largest absolute Gasteiger partial charge is 0.327 e. The zero-order valence-electron chi connectivity index (χ0n) is 16.5. The molecular formula is C24H36FN. The fourth-order valence-electron chi connectivity index (χ4n) is 5.35. The first-order valence-corrected chi connectivity index (χ1v) is 10.7. The summed E-state index contributed by atoms with van der Waals surface area (Å²) >= 11 is 0. The lowest BCUT2D eigenvalue weighted by molar-refractivity contribution is 0.0305. The van der Waals surface area contributed by atoms with Gasteiger partial charge in [0.15, 0.2) is 0 Å². The summed E-state index contributed by atoms with van der Waals surface area (Å²) in [6.07, 6.45) is 16.3. The molecule has 1 aromatic rings. The van der Waals surface area contributed by atoms with Crippen molar-refractivity contribution in [1.82, 2.24) is 0 Å². The molecule has 0 unspecified atom stereocenters. The summed E-state index contributed by atoms with van der Waals surface area (Å²) in [5.74, 6) is 0. The summed E-state index contributed by atoms with van der Waals surface area (Å²) in [5.41, 5.74) is 10.2. The molecule has 26 heavy (non-hydrogen) atoms. The van der Waals surface area contributed by atoms with Gasteiger partial charge >= 0.3 is 0 Å². The van der Waals surface area contributed by atoms with E-state index in [0.29, 0.717) is 29.3 Å². The maximum absolute atomic E-state index is 12.7. The summed E-state index contributed by atoms with van der Waals surface area (Å²) in [7, 11) is 0. The fourth-order valence-corrected chi connectivity index (χ4v) is 5.35. The molecule has 2 bridgehead atoms. The van der Waals surface area contributed by atoms with Gasteiger partial charge in [0.25, 0.3) is 0 Å². The zero-order chi connectivity index (χ0) is 18.5. The predicted octanol–water partition coefficient (Wildman–Crippen LogP) is 6.60. The molecule has 1 aromatic carbocycles. The van der Waals surface area contributed by atoms with E-state index in [1.54, 1.807) is 5.56 Å². The third-order valence-corrected chi connectivity index (χ3v) is 7.43. The van der Waals surface area contributed by atoms with Gasteiger partial charge in [-0.15, -0.1) is 0 Å². The number of rotatable bonds is 9. The molecule has 0 spiro atoms. The molecule has 0 saturated heterocycles. The lowest BCUT2D eigenvalue weighted by Crippen LogP contribution is -2.44. The number of aryl methyl sites for hydroxylation is 1. The summed E-state index contributed by atoms with van der Waals surface area (Å²) in [6, 6.07) is 9.22. The fraction of sp³-hybridized carbons (Fsp3) is 0.667. The topological polar surface area (TPSA) is 26.0 Å². The van der Waals surface area contributed by atoms with Gasteiger partial charge < -0.3 is 5.73 Å². The minimum atomic E-state index is 0.317. The Morgan fingerprint density at radius 3 is 2.23 bits per heavy atom. The molecule has 2 N–H and O–H groups in total. The van der Waals surface area contributed by atoms with Gasteiger partial charge in [-0.3, -0.25) is 0 Å². The van der Waals surface area contributed by atoms with E-state index in [4.69, 9.17) is 5.73 Å². The average molecular weight is 358 g/mol. The highest BCUT2D eigenvalue weighted by Crippen LogP contribution is 2.59. The summed E-state index contributed by atoms with van der Waals surface area (Å²) in [4.78, 5) is 0. The van der Waals surface area contributed by atoms with Crippen molar-refractivity contribution >= 4 is 0 Å². The van der Waals surface area contributed by atoms with Crippen LogP contribution < -0.4 is 5.73 Å². The van der Waals surface area contributed by atoms with Crippen molar-refractivity contribution in [2.24, 2.45) is 11.1 Å². The molecule has 1 nitrogen and oxygen atoms in total. The Morgan fingerprint density at radius 1 is 1.04 bits per heavy atom. The summed E-state index contributed by atoms with van der Waals surface area (Å²) in [5, 5.41) is 0. The van der Waals surface area contributed by atoms with Crippen molar-refractivity contribution in [2.75, 3.05) is 6.54 Å². The van der Waals surface area contributed by atoms with Crippen LogP contribution in [0.4, 0.5) is 4.39 Å². The maximum atomic E-state index is 12.7. The van der Waals surface area contributed by atoms with Crippen LogP contribution >= 0.6 is 0 Å². The lowest BCUT2D eigenvalue weighted by Gasteiger charge is -2.54. The Bertz CT molecular complexity index is 577. The van der Waals surface area contributed by atoms with Gasteiger partial charge in [0.2, 0.25) is 0 Å². The quantitative estimate of drug-likeness (QED) is 0.495. The molecule has 0 aromatic heterocycles. The number of benzene rings is 1. The smallest absolute Gasteiger partial charge is 0.0871 e. The van der Waals surface area contributed by atoms with Gasteiger partial charge in [0, 0.05) is 6.54 Å². The van der Waals surface area contributed by atoms with Crippen LogP contribution in [-0.4, -0.2) is 6.54 Å². The second-order valence-corrected chi connectivity index (χ2v) is 8.91. The first-order chi connectivity index (χ1) is 12.7. The van der Waals surface area contributed by atoms with Crippen molar-refractivity contribution < 1.29 is 4.39 Å². The van der Waals surface area contributed by atoms with Crippen molar-refractivity contribution in [1.29, 1.82) is 0 Å². The summed E-state index contributed by atoms with van der Waals surface area (Å²) in [6.45, 7) is 2.62. The highest BCUT2D eigenvalue weighted by Gasteiger charge is 2.48. The Balaban J connectivity index is 1.59. The van der Waals surface area contributed by atoms with Crippen molar-refractivity contribution in [3.63, 3.8) is 0 Å². The van der Waals surface area contributed by atoms with Gasteiger partial charge in [-0.1, -0.05) is 50.5 Å². The number of hydrogen-bond acceptors (Lipinski definition) is 1. The van der Waals surface area contributed by atoms with Gasteiger partial charge in [0.05, 0.1) is 6.33 Å². The Hall–Kier alpha value is -1.15. The molecule has 0 aliphatic heterocycles. The van der Waals surface area contributed by atoms with E-state index in [1.165, 1.54) is 69.8 Å². The third kappa shape index (κ3) is 4.22. The van der Waals surface area contributed by atoms with Crippen molar-refractivity contribution in [2.45, 2.75) is 89.4 Å². The second-order valence-electron chi connectivity index (χ2n) is 8.91. The van der Waals surface area contributed by atoms with Crippen LogP contribution in [0.2, 0.25) is 0 Å². The number of nitrogens with two attached hydrogens (primary N) is 1. The van der Waals surface area contributed by atoms with Crippen LogP contribution in [0.1, 0.15) is 88.7 Å². The molecule has 2 heteroatoms. The number of hydrogen-bond donors (Lipinski definition) is 1. The predicted molar refractivity (Wildman–Crippen MR) is 109 cm³/mol. The van der Waals surface area contributed by atoms with E-state index in [-0.39, 0.29) is 0 Å². The highest BCUT2D eigenvalue weighted by atomic mass is 19.1. The van der Waals surface area contributed by atoms with E-state index < -0.39 is 0 Å². The van der Waals surface area contributed by atoms with E-state index >= 15 is 0 Å². The zero-order valence-corrected chi connectivity index (χ0v) is 16.5. The van der Waals surface area contributed by atoms with Gasteiger partial charge in [0.1, 0.15) is 0 Å². The van der Waals surface area contributed by atoms with Crippen molar-refractivity contribution in [3.8, 4) is 0 Å². The van der Waals surface area contributed by atoms with Gasteiger partial charge in [-0.05, 0) is 85.3 Å². The number of halogens is 1. The Morgan fingerprint density at radius 2 is 1.69 bits per heavy atom. The molecular weight excluding hydrogens is 321 g/mol. The maximum Gasteiger partial charge on any atom is 0.0871 e. The Labute approximate surface area is 159 Å². The molecule has 0 amide bonds. The lowest BCUT2D eigenvalue weighted by atomic mass is 9.51. The van der Waals surface area contributed by atoms with Crippen LogP contribution in [0, 0.1) is 5.41 Å². The van der Waals surface area contributed by atoms with Crippen LogP contribution in [0.3, 0.4) is 0 Å². The third-order valence-electron chi connectivity index (χ3n) is 7.43. The normalized spacial score (nSPS) is 28.5. The summed E-state index contributed by atoms with van der Waals surface area (Å²) < 4.78 is 12.7. The highest BCUT2D eigenvalue weighted by molar-refractivity contribution is 5.32. The van der Waals surface area contributed by atoms with Gasteiger partial charge in [-0.25, -0.2) is 4.39 Å². The first-order valence-electron chi connectivity index (χ1n) is 10.7. The molecule has 0 atom stereocenters. The SMILES string of the molecule is CCCCCC12CCC(c3ccc(CC/C(=C/F)CN)cc3)(CC1)CC2. The van der Waals surface area contributed by atoms with E-state index in [9.17, 15) is 4.39 Å². The molecule has 3 aliphatic carbocycles. The molecule has 4 rings (SSSR count). The van der Waals surface area contributed by atoms with E-state index in [0.717, 1.165) is 12.8 Å². The molecule has 0 radical (unpaired) electrons.